The van der Waals surface area contributed by atoms with Crippen LogP contribution in [0.1, 0.15) is 11.6 Å². The number of benzene rings is 1. The van der Waals surface area contributed by atoms with Crippen LogP contribution in [-0.4, -0.2) is 24.2 Å². The highest BCUT2D eigenvalue weighted by atomic mass is 35.5. The molecule has 1 rings (SSSR count). The zero-order valence-electron chi connectivity index (χ0n) is 8.58. The van der Waals surface area contributed by atoms with Crippen molar-refractivity contribution in [1.82, 2.24) is 5.32 Å². The van der Waals surface area contributed by atoms with Gasteiger partial charge in [0, 0.05) is 10.6 Å². The average Bonchev–Trinajstić information content (AvgIpc) is 2.23. The second-order valence-electron chi connectivity index (χ2n) is 3.30. The van der Waals surface area contributed by atoms with Crippen LogP contribution in [0.3, 0.4) is 0 Å². The van der Waals surface area contributed by atoms with Crippen molar-refractivity contribution in [3.63, 3.8) is 0 Å². The smallest absolute Gasteiger partial charge is 0.322 e. The molecule has 6 heteroatoms. The summed E-state index contributed by atoms with van der Waals surface area (Å²) in [5.74, 6) is -1.75. The lowest BCUT2D eigenvalue weighted by Gasteiger charge is -2.21. The number of aliphatic carboxylic acids is 1. The van der Waals surface area contributed by atoms with Gasteiger partial charge in [-0.3, -0.25) is 4.79 Å². The third-order valence-corrected chi connectivity index (χ3v) is 2.48. The third kappa shape index (κ3) is 2.69. The zero-order valence-corrected chi connectivity index (χ0v) is 9.33. The molecule has 0 aliphatic carbocycles. The molecule has 2 unspecified atom stereocenters. The van der Waals surface area contributed by atoms with Crippen molar-refractivity contribution in [3.8, 4) is 0 Å². The zero-order chi connectivity index (χ0) is 12.3. The molecular weight excluding hydrogens is 235 g/mol. The van der Waals surface area contributed by atoms with Gasteiger partial charge in [-0.25, -0.2) is 4.39 Å². The highest BCUT2D eigenvalue weighted by molar-refractivity contribution is 6.30. The summed E-state index contributed by atoms with van der Waals surface area (Å²) in [6.07, 6.45) is 0. The number of hydrogen-bond acceptors (Lipinski definition) is 3. The molecule has 0 aliphatic rings. The number of nitrogens with one attached hydrogen (secondary N) is 1. The molecule has 1 aromatic rings. The standard InChI is InChI=1S/C10H12ClFN2O2/c1-14-9(8(13)10(15)16)6-4-5(11)2-3-7(6)12/h2-4,8-9,14H,13H2,1H3,(H,15,16). The van der Waals surface area contributed by atoms with E-state index in [1.54, 1.807) is 0 Å². The Hall–Kier alpha value is -1.17. The molecule has 0 heterocycles. The maximum Gasteiger partial charge on any atom is 0.322 e. The molecule has 0 radical (unpaired) electrons. The van der Waals surface area contributed by atoms with Crippen LogP contribution in [0.4, 0.5) is 4.39 Å². The van der Waals surface area contributed by atoms with E-state index in [-0.39, 0.29) is 5.56 Å². The van der Waals surface area contributed by atoms with E-state index in [0.29, 0.717) is 5.02 Å². The molecule has 0 saturated carbocycles. The van der Waals surface area contributed by atoms with Gasteiger partial charge in [-0.05, 0) is 25.2 Å². The van der Waals surface area contributed by atoms with Crippen LogP contribution in [-0.2, 0) is 4.79 Å². The Morgan fingerprint density at radius 1 is 1.62 bits per heavy atom. The minimum atomic E-state index is -1.24. The van der Waals surface area contributed by atoms with E-state index < -0.39 is 23.9 Å². The molecule has 4 N–H and O–H groups in total. The topological polar surface area (TPSA) is 75.3 Å². The normalized spacial score (nSPS) is 14.5. The molecule has 0 spiro atoms. The van der Waals surface area contributed by atoms with Crippen molar-refractivity contribution in [1.29, 1.82) is 0 Å². The Kier molecular flexibility index (Phi) is 4.23. The molecule has 0 aliphatic heterocycles. The Morgan fingerprint density at radius 2 is 2.25 bits per heavy atom. The SMILES string of the molecule is CNC(c1cc(Cl)ccc1F)C(N)C(=O)O. The summed E-state index contributed by atoms with van der Waals surface area (Å²) in [6.45, 7) is 0. The van der Waals surface area contributed by atoms with Crippen molar-refractivity contribution in [3.05, 3.63) is 34.6 Å². The van der Waals surface area contributed by atoms with Gasteiger partial charge in [0.15, 0.2) is 0 Å². The van der Waals surface area contributed by atoms with Crippen molar-refractivity contribution < 1.29 is 14.3 Å². The van der Waals surface area contributed by atoms with E-state index in [1.807, 2.05) is 0 Å². The van der Waals surface area contributed by atoms with Crippen LogP contribution in [0.25, 0.3) is 0 Å². The Bertz CT molecular complexity index is 400. The van der Waals surface area contributed by atoms with Crippen LogP contribution in [0.5, 0.6) is 0 Å². The predicted octanol–water partition coefficient (Wildman–Crippen LogP) is 1.15. The van der Waals surface area contributed by atoms with Gasteiger partial charge < -0.3 is 16.2 Å². The fourth-order valence-electron chi connectivity index (χ4n) is 1.42. The number of hydrogen-bond donors (Lipinski definition) is 3. The van der Waals surface area contributed by atoms with Gasteiger partial charge in [-0.15, -0.1) is 0 Å². The lowest BCUT2D eigenvalue weighted by Crippen LogP contribution is -2.42. The molecule has 0 bridgehead atoms. The van der Waals surface area contributed by atoms with E-state index in [0.717, 1.165) is 0 Å². The number of rotatable bonds is 4. The molecule has 2 atom stereocenters. The number of carbonyl (C=O) groups is 1. The first-order chi connectivity index (χ1) is 7.47. The summed E-state index contributed by atoms with van der Waals surface area (Å²) >= 11 is 5.72. The number of likely N-dealkylation sites (N-methyl/N-ethyl adjacent to an activating group) is 1. The van der Waals surface area contributed by atoms with Gasteiger partial charge in [-0.2, -0.15) is 0 Å². The van der Waals surface area contributed by atoms with Crippen LogP contribution >= 0.6 is 11.6 Å². The fourth-order valence-corrected chi connectivity index (χ4v) is 1.60. The quantitative estimate of drug-likeness (QED) is 0.745. The number of carboxylic acids is 1. The van der Waals surface area contributed by atoms with E-state index in [4.69, 9.17) is 22.4 Å². The molecular formula is C10H12ClFN2O2. The van der Waals surface area contributed by atoms with Gasteiger partial charge >= 0.3 is 5.97 Å². The van der Waals surface area contributed by atoms with Crippen LogP contribution in [0, 0.1) is 5.82 Å². The molecule has 0 aromatic heterocycles. The van der Waals surface area contributed by atoms with E-state index in [9.17, 15) is 9.18 Å². The summed E-state index contributed by atoms with van der Waals surface area (Å²) in [4.78, 5) is 10.7. The minimum Gasteiger partial charge on any atom is -0.480 e. The fraction of sp³-hybridized carbons (Fsp3) is 0.300. The number of nitrogens with two attached hydrogens (primary N) is 1. The Balaban J connectivity index is 3.12. The summed E-state index contributed by atoms with van der Waals surface area (Å²) in [6, 6.07) is 1.87. The van der Waals surface area contributed by atoms with E-state index in [1.165, 1.54) is 25.2 Å². The second kappa shape index (κ2) is 5.25. The molecule has 16 heavy (non-hydrogen) atoms. The van der Waals surface area contributed by atoms with Crippen molar-refractivity contribution in [2.24, 2.45) is 5.73 Å². The molecule has 88 valence electrons. The molecule has 1 aromatic carbocycles. The molecule has 0 saturated heterocycles. The van der Waals surface area contributed by atoms with Crippen LogP contribution in [0.2, 0.25) is 5.02 Å². The second-order valence-corrected chi connectivity index (χ2v) is 3.73. The number of halogens is 2. The van der Waals surface area contributed by atoms with Crippen LogP contribution < -0.4 is 11.1 Å². The highest BCUT2D eigenvalue weighted by Gasteiger charge is 2.26. The van der Waals surface area contributed by atoms with Crippen molar-refractivity contribution >= 4 is 17.6 Å². The predicted molar refractivity (Wildman–Crippen MR) is 58.8 cm³/mol. The maximum atomic E-state index is 13.5. The molecule has 4 nitrogen and oxygen atoms in total. The lowest BCUT2D eigenvalue weighted by molar-refractivity contribution is -0.139. The first-order valence-electron chi connectivity index (χ1n) is 4.58. The summed E-state index contributed by atoms with van der Waals surface area (Å²) in [7, 11) is 1.51. The monoisotopic (exact) mass is 246 g/mol. The van der Waals surface area contributed by atoms with Crippen LogP contribution in [0.15, 0.2) is 18.2 Å². The Labute approximate surface area is 97.2 Å². The third-order valence-electron chi connectivity index (χ3n) is 2.25. The van der Waals surface area contributed by atoms with Crippen molar-refractivity contribution in [2.45, 2.75) is 12.1 Å². The van der Waals surface area contributed by atoms with Gasteiger partial charge in [0.2, 0.25) is 0 Å². The minimum absolute atomic E-state index is 0.143. The molecule has 0 amide bonds. The summed E-state index contributed by atoms with van der Waals surface area (Å²) in [5, 5.41) is 11.8. The van der Waals surface area contributed by atoms with Gasteiger partial charge in [0.05, 0.1) is 6.04 Å². The largest absolute Gasteiger partial charge is 0.480 e. The van der Waals surface area contributed by atoms with Gasteiger partial charge in [0.25, 0.3) is 0 Å². The van der Waals surface area contributed by atoms with E-state index >= 15 is 0 Å². The van der Waals surface area contributed by atoms with Crippen molar-refractivity contribution in [2.75, 3.05) is 7.05 Å². The van der Waals surface area contributed by atoms with E-state index in [2.05, 4.69) is 5.32 Å². The van der Waals surface area contributed by atoms with Gasteiger partial charge in [0.1, 0.15) is 11.9 Å². The number of carboxylic acid groups (broad SMARTS) is 1. The summed E-state index contributed by atoms with van der Waals surface area (Å²) < 4.78 is 13.5. The maximum absolute atomic E-state index is 13.5. The average molecular weight is 247 g/mol. The first kappa shape index (κ1) is 12.9. The summed E-state index contributed by atoms with van der Waals surface area (Å²) in [5.41, 5.74) is 5.59. The molecule has 0 fully saturated rings. The Morgan fingerprint density at radius 3 is 2.75 bits per heavy atom. The lowest BCUT2D eigenvalue weighted by atomic mass is 9.99. The first-order valence-corrected chi connectivity index (χ1v) is 4.95. The van der Waals surface area contributed by atoms with Gasteiger partial charge in [-0.1, -0.05) is 11.6 Å². The highest BCUT2D eigenvalue weighted by Crippen LogP contribution is 2.23.